The van der Waals surface area contributed by atoms with Gasteiger partial charge in [0.05, 0.1) is 12.0 Å². The molecule has 0 amide bonds. The van der Waals surface area contributed by atoms with Gasteiger partial charge < -0.3 is 35.4 Å². The molecule has 0 fully saturated rings. The quantitative estimate of drug-likeness (QED) is 0.197. The average Bonchev–Trinajstić information content (AvgIpc) is 2.49. The Labute approximate surface area is 133 Å². The van der Waals surface area contributed by atoms with E-state index in [0.29, 0.717) is 12.1 Å². The van der Waals surface area contributed by atoms with Gasteiger partial charge in [-0.1, -0.05) is 0 Å². The number of hydrogen-bond donors (Lipinski definition) is 6. The number of Topliss-reactive ketones (excluding diaryl/α,β-unsaturated/α-hetero) is 1. The van der Waals surface area contributed by atoms with Crippen molar-refractivity contribution in [2.24, 2.45) is 0 Å². The van der Waals surface area contributed by atoms with Gasteiger partial charge in [-0.3, -0.25) is 4.79 Å². The van der Waals surface area contributed by atoms with E-state index in [0.717, 1.165) is 0 Å². The van der Waals surface area contributed by atoms with Crippen LogP contribution in [-0.4, -0.2) is 66.5 Å². The summed E-state index contributed by atoms with van der Waals surface area (Å²) in [6.07, 6.45) is -5.71. The zero-order chi connectivity index (χ0) is 18.6. The molecule has 0 saturated heterocycles. The highest BCUT2D eigenvalue weighted by Crippen LogP contribution is 2.35. The van der Waals surface area contributed by atoms with Crippen LogP contribution in [0.25, 0.3) is 0 Å². The number of carbonyl (C=O) groups excluding carboxylic acids is 2. The fourth-order valence-corrected chi connectivity index (χ4v) is 1.53. The van der Waals surface area contributed by atoms with Gasteiger partial charge in [-0.05, 0) is 12.1 Å². The Morgan fingerprint density at radius 1 is 0.958 bits per heavy atom. The van der Waals surface area contributed by atoms with Gasteiger partial charge in [-0.25, -0.2) is 14.4 Å². The first-order valence-electron chi connectivity index (χ1n) is 6.17. The molecule has 11 heteroatoms. The number of hydrogen-bond acceptors (Lipinski definition) is 9. The second-order valence-corrected chi connectivity index (χ2v) is 4.51. The van der Waals surface area contributed by atoms with E-state index in [2.05, 4.69) is 4.74 Å². The molecule has 24 heavy (non-hydrogen) atoms. The van der Waals surface area contributed by atoms with Crippen molar-refractivity contribution in [1.82, 2.24) is 0 Å². The third-order valence-electron chi connectivity index (χ3n) is 2.76. The average molecular weight is 344 g/mol. The number of phenolic OH excluding ortho intramolecular Hbond substituents is 3. The Balaban J connectivity index is 2.93. The molecule has 6 N–H and O–H groups in total. The number of aromatic hydroxyl groups is 3. The monoisotopic (exact) mass is 344 g/mol. The van der Waals surface area contributed by atoms with E-state index >= 15 is 0 Å². The topological polar surface area (TPSA) is 199 Å². The minimum absolute atomic E-state index is 0.541. The molecule has 0 saturated carbocycles. The number of ether oxygens (including phenoxy) is 1. The number of aliphatic carboxylic acids is 2. The molecule has 1 aromatic rings. The summed E-state index contributed by atoms with van der Waals surface area (Å²) in [7, 11) is 0. The van der Waals surface area contributed by atoms with E-state index in [9.17, 15) is 29.4 Å². The Kier molecular flexibility index (Phi) is 5.68. The van der Waals surface area contributed by atoms with Crippen LogP contribution < -0.4 is 0 Å². The lowest BCUT2D eigenvalue weighted by molar-refractivity contribution is -0.156. The lowest BCUT2D eigenvalue weighted by atomic mass is 10.1. The molecule has 0 aliphatic rings. The highest BCUT2D eigenvalue weighted by atomic mass is 16.6. The van der Waals surface area contributed by atoms with Crippen molar-refractivity contribution in [3.63, 3.8) is 0 Å². The standard InChI is InChI=1S/C13H12O11/c14-5-1-4(2-6(15)9(5)17)13(23)24-8(11(19)20)3-7(16)10(18)12(21)22/h1-2,8,10,14-15,17-18H,3H2,(H,19,20)(H,21,22)/t8-,10+/m1/s1. The minimum atomic E-state index is -2.48. The van der Waals surface area contributed by atoms with Crippen molar-refractivity contribution >= 4 is 23.7 Å². The summed E-state index contributed by atoms with van der Waals surface area (Å²) in [6.45, 7) is 0. The molecule has 0 unspecified atom stereocenters. The second-order valence-electron chi connectivity index (χ2n) is 4.51. The van der Waals surface area contributed by atoms with Crippen LogP contribution in [0.1, 0.15) is 16.8 Å². The largest absolute Gasteiger partial charge is 0.504 e. The first-order chi connectivity index (χ1) is 11.0. The normalized spacial score (nSPS) is 12.9. The van der Waals surface area contributed by atoms with Crippen molar-refractivity contribution < 1.29 is 54.6 Å². The van der Waals surface area contributed by atoms with E-state index in [4.69, 9.17) is 20.4 Å². The smallest absolute Gasteiger partial charge is 0.345 e. The van der Waals surface area contributed by atoms with E-state index in [1.54, 1.807) is 0 Å². The summed E-state index contributed by atoms with van der Waals surface area (Å²) in [5, 5.41) is 54.0. The lowest BCUT2D eigenvalue weighted by Gasteiger charge is -2.14. The molecule has 0 radical (unpaired) electrons. The predicted molar refractivity (Wildman–Crippen MR) is 71.5 cm³/mol. The number of aliphatic hydroxyl groups excluding tert-OH is 1. The van der Waals surface area contributed by atoms with Gasteiger partial charge >= 0.3 is 17.9 Å². The summed E-state index contributed by atoms with van der Waals surface area (Å²) >= 11 is 0. The molecule has 0 heterocycles. The van der Waals surface area contributed by atoms with Crippen molar-refractivity contribution in [2.45, 2.75) is 18.6 Å². The molecule has 0 aliphatic heterocycles. The summed E-state index contributed by atoms with van der Waals surface area (Å²) < 4.78 is 4.48. The summed E-state index contributed by atoms with van der Waals surface area (Å²) in [5.41, 5.74) is -0.541. The van der Waals surface area contributed by atoms with Crippen LogP contribution in [0, 0.1) is 0 Å². The number of carboxylic acids is 2. The van der Waals surface area contributed by atoms with Gasteiger partial charge in [0.1, 0.15) is 0 Å². The first-order valence-corrected chi connectivity index (χ1v) is 6.17. The van der Waals surface area contributed by atoms with Crippen LogP contribution >= 0.6 is 0 Å². The lowest BCUT2D eigenvalue weighted by Crippen LogP contribution is -2.36. The van der Waals surface area contributed by atoms with Gasteiger partial charge in [-0.15, -0.1) is 0 Å². The molecule has 0 spiro atoms. The molecule has 2 atom stereocenters. The van der Waals surface area contributed by atoms with E-state index in [-0.39, 0.29) is 0 Å². The summed E-state index contributed by atoms with van der Waals surface area (Å²) in [6, 6.07) is 1.34. The highest BCUT2D eigenvalue weighted by Gasteiger charge is 2.32. The van der Waals surface area contributed by atoms with Crippen molar-refractivity contribution in [2.75, 3.05) is 0 Å². The SMILES string of the molecule is O=C(O[C@H](CC(=O)[C@H](O)C(=O)O)C(=O)O)c1cc(O)c(O)c(O)c1. The molecule has 1 aromatic carbocycles. The zero-order valence-corrected chi connectivity index (χ0v) is 11.7. The number of carbonyl (C=O) groups is 4. The molecule has 0 aliphatic carbocycles. The maximum absolute atomic E-state index is 11.8. The maximum Gasteiger partial charge on any atom is 0.345 e. The molecule has 11 nitrogen and oxygen atoms in total. The van der Waals surface area contributed by atoms with Gasteiger partial charge in [0.25, 0.3) is 0 Å². The third-order valence-corrected chi connectivity index (χ3v) is 2.76. The molecular weight excluding hydrogens is 332 g/mol. The van der Waals surface area contributed by atoms with Crippen LogP contribution in [-0.2, 0) is 19.1 Å². The second kappa shape index (κ2) is 7.28. The van der Waals surface area contributed by atoms with Crippen LogP contribution in [0.5, 0.6) is 17.2 Å². The van der Waals surface area contributed by atoms with Crippen LogP contribution in [0.2, 0.25) is 0 Å². The van der Waals surface area contributed by atoms with Crippen LogP contribution in [0.15, 0.2) is 12.1 Å². The minimum Gasteiger partial charge on any atom is -0.504 e. The van der Waals surface area contributed by atoms with Gasteiger partial charge in [-0.2, -0.15) is 0 Å². The maximum atomic E-state index is 11.8. The third kappa shape index (κ3) is 4.33. The number of carboxylic acid groups (broad SMARTS) is 2. The Morgan fingerprint density at radius 3 is 1.88 bits per heavy atom. The molecule has 0 bridgehead atoms. The van der Waals surface area contributed by atoms with Crippen molar-refractivity contribution in [1.29, 1.82) is 0 Å². The number of esters is 1. The van der Waals surface area contributed by atoms with Crippen LogP contribution in [0.4, 0.5) is 0 Å². The summed E-state index contributed by atoms with van der Waals surface area (Å²) in [4.78, 5) is 44.6. The van der Waals surface area contributed by atoms with Gasteiger partial charge in [0.2, 0.25) is 12.2 Å². The predicted octanol–water partition coefficient (Wildman–Crippen LogP) is -1.18. The summed E-state index contributed by atoms with van der Waals surface area (Å²) in [5.74, 6) is -9.16. The molecule has 0 aromatic heterocycles. The van der Waals surface area contributed by atoms with Gasteiger partial charge in [0, 0.05) is 0 Å². The van der Waals surface area contributed by atoms with E-state index in [1.807, 2.05) is 0 Å². The molecular formula is C13H12O11. The highest BCUT2D eigenvalue weighted by molar-refractivity contribution is 6.02. The molecule has 130 valence electrons. The fourth-order valence-electron chi connectivity index (χ4n) is 1.53. The number of phenols is 3. The Hall–Kier alpha value is -3.34. The number of benzene rings is 1. The van der Waals surface area contributed by atoms with Crippen LogP contribution in [0.3, 0.4) is 0 Å². The first kappa shape index (κ1) is 18.7. The van der Waals surface area contributed by atoms with Crippen molar-refractivity contribution in [3.8, 4) is 17.2 Å². The Morgan fingerprint density at radius 2 is 1.46 bits per heavy atom. The van der Waals surface area contributed by atoms with E-state index < -0.39 is 65.1 Å². The fraction of sp³-hybridized carbons (Fsp3) is 0.231. The molecule has 1 rings (SSSR count). The van der Waals surface area contributed by atoms with E-state index in [1.165, 1.54) is 0 Å². The van der Waals surface area contributed by atoms with Gasteiger partial charge in [0.15, 0.2) is 23.0 Å². The zero-order valence-electron chi connectivity index (χ0n) is 11.7. The number of aliphatic hydroxyl groups is 1. The number of rotatable bonds is 7. The number of ketones is 1. The van der Waals surface area contributed by atoms with Crippen molar-refractivity contribution in [3.05, 3.63) is 17.7 Å². The Bertz CT molecular complexity index is 670.